The van der Waals surface area contributed by atoms with Crippen molar-refractivity contribution in [2.75, 3.05) is 79.5 Å². The van der Waals surface area contributed by atoms with E-state index in [1.807, 2.05) is 12.1 Å². The lowest BCUT2D eigenvalue weighted by molar-refractivity contribution is 0.0646. The molecule has 2 aliphatic rings. The fourth-order valence-electron chi connectivity index (χ4n) is 4.20. The van der Waals surface area contributed by atoms with Gasteiger partial charge in [-0.25, -0.2) is 0 Å². The number of nitrogens with zero attached hydrogens (tertiary/aromatic N) is 4. The molecule has 0 atom stereocenters. The number of hydrogen-bond acceptors (Lipinski definition) is 6. The third-order valence-electron chi connectivity index (χ3n) is 6.11. The highest BCUT2D eigenvalue weighted by molar-refractivity contribution is 6.21. The van der Waals surface area contributed by atoms with Gasteiger partial charge in [-0.1, -0.05) is 12.1 Å². The Morgan fingerprint density at radius 2 is 1.43 bits per heavy atom. The summed E-state index contributed by atoms with van der Waals surface area (Å²) in [6.45, 7) is 9.91. The second-order valence-electron chi connectivity index (χ2n) is 8.57. The number of nitrogens with one attached hydrogen (secondary N) is 1. The van der Waals surface area contributed by atoms with Crippen LogP contribution in [0.25, 0.3) is 0 Å². The molecule has 0 radical (unpaired) electrons. The topological polar surface area (TPSA) is 59.1 Å². The Hall–Kier alpha value is -1.80. The molecule has 0 aromatic heterocycles. The molecule has 166 valence electrons. The minimum Gasteiger partial charge on any atom is -0.315 e. The van der Waals surface area contributed by atoms with Gasteiger partial charge in [0, 0.05) is 32.7 Å². The molecule has 1 N–H and O–H groups in total. The van der Waals surface area contributed by atoms with Gasteiger partial charge in [0.15, 0.2) is 0 Å². The Morgan fingerprint density at radius 1 is 0.767 bits per heavy atom. The van der Waals surface area contributed by atoms with E-state index in [1.165, 1.54) is 11.3 Å². The molecule has 0 spiro atoms. The zero-order valence-corrected chi connectivity index (χ0v) is 18.6. The highest BCUT2D eigenvalue weighted by Gasteiger charge is 2.34. The van der Waals surface area contributed by atoms with Crippen molar-refractivity contribution in [2.45, 2.75) is 19.3 Å². The zero-order chi connectivity index (χ0) is 21.3. The molecule has 2 amide bonds. The van der Waals surface area contributed by atoms with E-state index in [4.69, 9.17) is 0 Å². The lowest BCUT2D eigenvalue weighted by atomic mass is 10.1. The van der Waals surface area contributed by atoms with Crippen LogP contribution in [0.15, 0.2) is 24.3 Å². The average Bonchev–Trinajstić information content (AvgIpc) is 2.98. The summed E-state index contributed by atoms with van der Waals surface area (Å²) >= 11 is 0. The van der Waals surface area contributed by atoms with Crippen molar-refractivity contribution in [3.63, 3.8) is 0 Å². The summed E-state index contributed by atoms with van der Waals surface area (Å²) < 4.78 is 0. The van der Waals surface area contributed by atoms with Crippen molar-refractivity contribution in [3.8, 4) is 0 Å². The van der Waals surface area contributed by atoms with E-state index < -0.39 is 0 Å². The Bertz CT molecular complexity index is 676. The number of rotatable bonds is 4. The van der Waals surface area contributed by atoms with Crippen LogP contribution in [-0.2, 0) is 0 Å². The number of imide groups is 1. The fraction of sp³-hybridized carbons (Fsp3) is 0.652. The summed E-state index contributed by atoms with van der Waals surface area (Å²) in [5.41, 5.74) is 1.08. The summed E-state index contributed by atoms with van der Waals surface area (Å²) in [4.78, 5) is 33.8. The third kappa shape index (κ3) is 6.35. The van der Waals surface area contributed by atoms with Gasteiger partial charge < -0.3 is 20.0 Å². The number of likely N-dealkylation sites (N-methyl/N-ethyl adjacent to an activating group) is 2. The molecule has 1 fully saturated rings. The van der Waals surface area contributed by atoms with E-state index in [0.717, 1.165) is 71.7 Å². The van der Waals surface area contributed by atoms with Crippen molar-refractivity contribution < 1.29 is 9.59 Å². The van der Waals surface area contributed by atoms with Crippen LogP contribution in [0.5, 0.6) is 0 Å². The van der Waals surface area contributed by atoms with Crippen molar-refractivity contribution in [1.82, 2.24) is 24.9 Å². The second-order valence-corrected chi connectivity index (χ2v) is 8.57. The molecule has 0 saturated carbocycles. The largest absolute Gasteiger partial charge is 0.315 e. The highest BCUT2D eigenvalue weighted by Crippen LogP contribution is 2.22. The second kappa shape index (κ2) is 11.6. The average molecular weight is 416 g/mol. The first-order valence-corrected chi connectivity index (χ1v) is 11.3. The van der Waals surface area contributed by atoms with Crippen LogP contribution in [0.2, 0.25) is 0 Å². The predicted octanol–water partition coefficient (Wildman–Crippen LogP) is 1.22. The minimum absolute atomic E-state index is 0.147. The lowest BCUT2D eigenvalue weighted by Crippen LogP contribution is -2.39. The molecule has 1 saturated heterocycles. The molecule has 0 bridgehead atoms. The fourth-order valence-corrected chi connectivity index (χ4v) is 4.20. The van der Waals surface area contributed by atoms with Gasteiger partial charge in [-0.3, -0.25) is 14.5 Å². The third-order valence-corrected chi connectivity index (χ3v) is 6.11. The van der Waals surface area contributed by atoms with Crippen molar-refractivity contribution in [3.05, 3.63) is 35.4 Å². The van der Waals surface area contributed by atoms with E-state index in [1.54, 1.807) is 12.1 Å². The lowest BCUT2D eigenvalue weighted by Gasteiger charge is -2.28. The van der Waals surface area contributed by atoms with Gasteiger partial charge in [-0.05, 0) is 78.2 Å². The van der Waals surface area contributed by atoms with Gasteiger partial charge in [0.05, 0.1) is 11.1 Å². The highest BCUT2D eigenvalue weighted by atomic mass is 16.2. The summed E-state index contributed by atoms with van der Waals surface area (Å²) in [6, 6.07) is 7.13. The van der Waals surface area contributed by atoms with Gasteiger partial charge in [0.25, 0.3) is 11.8 Å². The number of fused-ring (bicyclic) bond motifs is 1. The monoisotopic (exact) mass is 415 g/mol. The van der Waals surface area contributed by atoms with Crippen LogP contribution in [0.4, 0.5) is 0 Å². The number of carbonyl (C=O) groups excluding carboxylic acids is 2. The maximum atomic E-state index is 12.6. The Kier molecular flexibility index (Phi) is 8.81. The van der Waals surface area contributed by atoms with Crippen LogP contribution in [-0.4, -0.2) is 111 Å². The molecule has 7 nitrogen and oxygen atoms in total. The number of amides is 2. The first-order chi connectivity index (χ1) is 14.6. The van der Waals surface area contributed by atoms with Gasteiger partial charge >= 0.3 is 0 Å². The minimum atomic E-state index is -0.147. The molecule has 7 heteroatoms. The first kappa shape index (κ1) is 22.9. The Balaban J connectivity index is 1.50. The van der Waals surface area contributed by atoms with E-state index >= 15 is 0 Å². The van der Waals surface area contributed by atoms with Crippen LogP contribution in [0, 0.1) is 0 Å². The summed E-state index contributed by atoms with van der Waals surface area (Å²) in [7, 11) is 4.38. The molecule has 3 rings (SSSR count). The maximum Gasteiger partial charge on any atom is 0.261 e. The van der Waals surface area contributed by atoms with E-state index in [0.29, 0.717) is 17.7 Å². The maximum absolute atomic E-state index is 12.6. The van der Waals surface area contributed by atoms with Gasteiger partial charge in [-0.2, -0.15) is 0 Å². The van der Waals surface area contributed by atoms with E-state index in [-0.39, 0.29) is 11.8 Å². The molecule has 0 aliphatic carbocycles. The zero-order valence-electron chi connectivity index (χ0n) is 18.6. The normalized spacial score (nSPS) is 21.6. The van der Waals surface area contributed by atoms with E-state index in [2.05, 4.69) is 34.1 Å². The number of carbonyl (C=O) groups is 2. The molecule has 30 heavy (non-hydrogen) atoms. The molecular formula is C23H37N5O2. The summed E-state index contributed by atoms with van der Waals surface area (Å²) in [5, 5.41) is 3.53. The van der Waals surface area contributed by atoms with E-state index in [9.17, 15) is 9.59 Å². The van der Waals surface area contributed by atoms with Crippen molar-refractivity contribution in [2.24, 2.45) is 0 Å². The van der Waals surface area contributed by atoms with Crippen molar-refractivity contribution in [1.29, 1.82) is 0 Å². The number of hydrogen-bond donors (Lipinski definition) is 1. The standard InChI is InChI=1S/C23H37N5O2/c1-25-13-6-14-27(19-18-26(2)12-5-10-24-11-17-25)15-7-16-28-22(29)20-8-3-4-9-21(20)23(28)30/h3-4,8-9,24H,5-7,10-19H2,1-2H3. The number of benzene rings is 1. The molecule has 1 aromatic rings. The molecular weight excluding hydrogens is 378 g/mol. The molecule has 0 unspecified atom stereocenters. The van der Waals surface area contributed by atoms with Crippen LogP contribution >= 0.6 is 0 Å². The predicted molar refractivity (Wildman–Crippen MR) is 120 cm³/mol. The smallest absolute Gasteiger partial charge is 0.261 e. The van der Waals surface area contributed by atoms with Crippen LogP contribution in [0.3, 0.4) is 0 Å². The first-order valence-electron chi connectivity index (χ1n) is 11.3. The summed E-state index contributed by atoms with van der Waals surface area (Å²) in [5.74, 6) is -0.293. The molecule has 2 heterocycles. The Labute approximate surface area is 181 Å². The molecule has 1 aromatic carbocycles. The summed E-state index contributed by atoms with van der Waals surface area (Å²) in [6.07, 6.45) is 3.11. The van der Waals surface area contributed by atoms with Gasteiger partial charge in [0.2, 0.25) is 0 Å². The SMILES string of the molecule is CN1CCCN(CCCN2C(=O)c3ccccc3C2=O)CCN(C)CCCNCC1. The van der Waals surface area contributed by atoms with Crippen LogP contribution < -0.4 is 5.32 Å². The van der Waals surface area contributed by atoms with Crippen LogP contribution in [0.1, 0.15) is 40.0 Å². The Morgan fingerprint density at radius 3 is 2.17 bits per heavy atom. The molecule has 2 aliphatic heterocycles. The quantitative estimate of drug-likeness (QED) is 0.747. The van der Waals surface area contributed by atoms with Crippen molar-refractivity contribution >= 4 is 11.8 Å². The van der Waals surface area contributed by atoms with Gasteiger partial charge in [0.1, 0.15) is 0 Å². The van der Waals surface area contributed by atoms with Gasteiger partial charge in [-0.15, -0.1) is 0 Å².